The van der Waals surface area contributed by atoms with Gasteiger partial charge in [0.2, 0.25) is 0 Å². The van der Waals surface area contributed by atoms with Crippen molar-refractivity contribution in [1.29, 1.82) is 0 Å². The van der Waals surface area contributed by atoms with Crippen molar-refractivity contribution < 1.29 is 4.42 Å². The minimum atomic E-state index is -0.234. The van der Waals surface area contributed by atoms with Gasteiger partial charge in [0.25, 0.3) is 0 Å². The first-order valence-electron chi connectivity index (χ1n) is 20.0. The highest BCUT2D eigenvalue weighted by atomic mass is 16.3. The van der Waals surface area contributed by atoms with Crippen LogP contribution in [0.5, 0.6) is 0 Å². The van der Waals surface area contributed by atoms with Gasteiger partial charge in [-0.1, -0.05) is 120 Å². The fraction of sp³-hybridized carbons (Fsp3) is 0.216. The van der Waals surface area contributed by atoms with Gasteiger partial charge in [0.05, 0.1) is 11.4 Å². The summed E-state index contributed by atoms with van der Waals surface area (Å²) in [6, 6.07) is 48.2. The Morgan fingerprint density at radius 2 is 1.24 bits per heavy atom. The third kappa shape index (κ3) is 3.97. The van der Waals surface area contributed by atoms with Crippen LogP contribution in [-0.2, 0) is 16.2 Å². The van der Waals surface area contributed by atoms with Crippen LogP contribution in [-0.4, -0.2) is 6.85 Å². The number of para-hydroxylation sites is 3. The maximum atomic E-state index is 7.11. The van der Waals surface area contributed by atoms with Gasteiger partial charge in [-0.15, -0.1) is 0 Å². The molecular formula is C51H43BN2O. The summed E-state index contributed by atoms with van der Waals surface area (Å²) >= 11 is 0. The first-order valence-corrected chi connectivity index (χ1v) is 20.0. The molecule has 1 aliphatic carbocycles. The number of hydrogen-bond donors (Lipinski definition) is 0. The first-order chi connectivity index (χ1) is 26.5. The summed E-state index contributed by atoms with van der Waals surface area (Å²) in [5, 5.41) is 4.85. The molecule has 0 saturated carbocycles. The van der Waals surface area contributed by atoms with Crippen LogP contribution >= 0.6 is 0 Å². The molecule has 0 fully saturated rings. The van der Waals surface area contributed by atoms with E-state index in [1.54, 1.807) is 0 Å². The molecule has 0 atom stereocenters. The van der Waals surface area contributed by atoms with Gasteiger partial charge in [0.1, 0.15) is 5.58 Å². The second-order valence-corrected chi connectivity index (χ2v) is 18.4. The Balaban J connectivity index is 1.30. The first kappa shape index (κ1) is 31.6. The second-order valence-electron chi connectivity index (χ2n) is 18.4. The summed E-state index contributed by atoms with van der Waals surface area (Å²) in [7, 11) is 0. The average Bonchev–Trinajstić information content (AvgIpc) is 3.57. The molecule has 0 radical (unpaired) electrons. The maximum absolute atomic E-state index is 7.11. The van der Waals surface area contributed by atoms with Gasteiger partial charge in [0, 0.05) is 38.8 Å². The zero-order chi connectivity index (χ0) is 37.2. The Morgan fingerprint density at radius 1 is 0.545 bits per heavy atom. The molecule has 8 aromatic rings. The molecular weight excluding hydrogens is 667 g/mol. The van der Waals surface area contributed by atoms with E-state index in [2.05, 4.69) is 179 Å². The van der Waals surface area contributed by atoms with Crippen LogP contribution in [0, 0.1) is 0 Å². The van der Waals surface area contributed by atoms with Gasteiger partial charge in [-0.25, -0.2) is 0 Å². The van der Waals surface area contributed by atoms with Crippen molar-refractivity contribution in [2.24, 2.45) is 0 Å². The van der Waals surface area contributed by atoms with Gasteiger partial charge < -0.3 is 14.1 Å². The van der Waals surface area contributed by atoms with Gasteiger partial charge >= 0.3 is 6.85 Å². The van der Waals surface area contributed by atoms with Crippen molar-refractivity contribution in [2.45, 2.75) is 70.6 Å². The van der Waals surface area contributed by atoms with E-state index in [-0.39, 0.29) is 23.1 Å². The predicted octanol–water partition coefficient (Wildman–Crippen LogP) is 12.4. The highest BCUT2D eigenvalue weighted by molar-refractivity contribution is 6.94. The summed E-state index contributed by atoms with van der Waals surface area (Å²) in [6.45, 7) is 14.6. The lowest BCUT2D eigenvalue weighted by atomic mass is 9.42. The second kappa shape index (κ2) is 10.3. The number of hydrogen-bond acceptors (Lipinski definition) is 3. The number of nitrogens with zero attached hydrogens (tertiary/aromatic N) is 2. The highest BCUT2D eigenvalue weighted by Gasteiger charge is 2.51. The molecule has 0 bridgehead atoms. The van der Waals surface area contributed by atoms with E-state index in [9.17, 15) is 0 Å². The van der Waals surface area contributed by atoms with Gasteiger partial charge in [-0.2, -0.15) is 0 Å². The van der Waals surface area contributed by atoms with E-state index in [1.165, 1.54) is 102 Å². The molecule has 0 N–H and O–H groups in total. The molecule has 7 aromatic carbocycles. The lowest BCUT2D eigenvalue weighted by molar-refractivity contribution is 0.332. The van der Waals surface area contributed by atoms with Crippen LogP contribution in [0.15, 0.2) is 132 Å². The van der Waals surface area contributed by atoms with Gasteiger partial charge in [0.15, 0.2) is 5.58 Å². The number of anilines is 5. The van der Waals surface area contributed by atoms with Crippen molar-refractivity contribution in [1.82, 2.24) is 0 Å². The fourth-order valence-electron chi connectivity index (χ4n) is 11.0. The molecule has 0 unspecified atom stereocenters. The smallest absolute Gasteiger partial charge is 0.333 e. The third-order valence-corrected chi connectivity index (χ3v) is 14.0. The monoisotopic (exact) mass is 710 g/mol. The highest BCUT2D eigenvalue weighted by Crippen LogP contribution is 2.58. The summed E-state index contributed by atoms with van der Waals surface area (Å²) in [5.74, 6) is 0. The molecule has 4 heterocycles. The zero-order valence-corrected chi connectivity index (χ0v) is 32.4. The molecule has 0 amide bonds. The minimum absolute atomic E-state index is 0.0701. The lowest BCUT2D eigenvalue weighted by Gasteiger charge is -2.51. The summed E-state index contributed by atoms with van der Waals surface area (Å²) < 4.78 is 7.11. The molecule has 3 nitrogen and oxygen atoms in total. The van der Waals surface area contributed by atoms with Crippen LogP contribution in [0.1, 0.15) is 76.6 Å². The minimum Gasteiger partial charge on any atom is -0.454 e. The number of benzene rings is 7. The Morgan fingerprint density at radius 3 is 2.02 bits per heavy atom. The molecule has 4 aliphatic rings. The molecule has 3 aliphatic heterocycles. The van der Waals surface area contributed by atoms with Crippen LogP contribution < -0.4 is 20.6 Å². The third-order valence-electron chi connectivity index (χ3n) is 14.0. The van der Waals surface area contributed by atoms with E-state index in [4.69, 9.17) is 4.42 Å². The Labute approximate surface area is 323 Å². The standard InChI is InChI=1S/C51H43BN2O/c1-49(2)23-24-50(3,4)39-29-42-34(28-38(39)49)35-27-36-33-19-12-13-22-44(33)55-48(36)47-45(35)52(54(42)32-17-8-7-9-18-32)41-21-14-20-37-46(41)53(47)43-26-31-16-11-10-15-30(31)25-40(43)51(37,5)6/h7-22,25-29H,23-24H2,1-6H3. The summed E-state index contributed by atoms with van der Waals surface area (Å²) in [6.07, 6.45) is 2.35. The van der Waals surface area contributed by atoms with Gasteiger partial charge in [-0.3, -0.25) is 0 Å². The number of rotatable bonds is 1. The topological polar surface area (TPSA) is 19.6 Å². The van der Waals surface area contributed by atoms with Crippen molar-refractivity contribution >= 4 is 78.9 Å². The quantitative estimate of drug-likeness (QED) is 0.158. The van der Waals surface area contributed by atoms with Crippen molar-refractivity contribution in [3.8, 4) is 11.1 Å². The zero-order valence-electron chi connectivity index (χ0n) is 32.4. The van der Waals surface area contributed by atoms with E-state index in [0.717, 1.165) is 16.6 Å². The molecule has 266 valence electrons. The summed E-state index contributed by atoms with van der Waals surface area (Å²) in [4.78, 5) is 5.28. The largest absolute Gasteiger partial charge is 0.454 e. The molecule has 4 heteroatoms. The molecule has 1 aromatic heterocycles. The van der Waals surface area contributed by atoms with Crippen LogP contribution in [0.4, 0.5) is 28.4 Å². The molecule has 0 spiro atoms. The van der Waals surface area contributed by atoms with Crippen LogP contribution in [0.25, 0.3) is 43.8 Å². The van der Waals surface area contributed by atoms with E-state index in [0.29, 0.717) is 0 Å². The Bertz CT molecular complexity index is 2990. The molecule has 0 saturated heterocycles. The average molecular weight is 711 g/mol. The molecule has 55 heavy (non-hydrogen) atoms. The van der Waals surface area contributed by atoms with Crippen LogP contribution in [0.2, 0.25) is 0 Å². The normalized spacial score (nSPS) is 17.8. The van der Waals surface area contributed by atoms with E-state index < -0.39 is 0 Å². The van der Waals surface area contributed by atoms with Crippen LogP contribution in [0.3, 0.4) is 0 Å². The SMILES string of the molecule is CC1(C)CCC(C)(C)c2cc3c(cc21)-c1cc2c(oc4ccccc42)c2c1B(c1cccc4c1N2c1cc2ccccc2cc1C4(C)C)N3c1ccccc1. The van der Waals surface area contributed by atoms with Gasteiger partial charge in [-0.05, 0) is 122 Å². The van der Waals surface area contributed by atoms with Crippen molar-refractivity contribution in [2.75, 3.05) is 9.71 Å². The lowest BCUT2D eigenvalue weighted by Crippen LogP contribution is -2.62. The number of furan rings is 1. The predicted molar refractivity (Wildman–Crippen MR) is 232 cm³/mol. The Kier molecular flexibility index (Phi) is 5.92. The molecule has 12 rings (SSSR count). The van der Waals surface area contributed by atoms with E-state index >= 15 is 0 Å². The van der Waals surface area contributed by atoms with E-state index in [1.807, 2.05) is 0 Å². The fourth-order valence-corrected chi connectivity index (χ4v) is 11.0. The summed E-state index contributed by atoms with van der Waals surface area (Å²) in [5.41, 5.74) is 18.9. The van der Waals surface area contributed by atoms with Crippen molar-refractivity contribution in [3.63, 3.8) is 0 Å². The Hall–Kier alpha value is -5.74. The van der Waals surface area contributed by atoms with Crippen molar-refractivity contribution in [3.05, 3.63) is 150 Å². The number of fused-ring (bicyclic) bond motifs is 12. The maximum Gasteiger partial charge on any atom is 0.333 e.